The molecule has 0 spiro atoms. The first-order chi connectivity index (χ1) is 26.1. The van der Waals surface area contributed by atoms with Crippen LogP contribution in [-0.2, 0) is 47.6 Å². The van der Waals surface area contributed by atoms with E-state index < -0.39 is 22.8 Å². The normalized spacial score (nSPS) is 13.1. The second kappa shape index (κ2) is 37.6. The van der Waals surface area contributed by atoms with Gasteiger partial charge in [0.15, 0.2) is 0 Å². The first-order valence-corrected chi connectivity index (χ1v) is 21.2. The van der Waals surface area contributed by atoms with Crippen molar-refractivity contribution in [2.24, 2.45) is 10.8 Å². The maximum Gasteiger partial charge on any atom is 0.330 e. The van der Waals surface area contributed by atoms with Crippen LogP contribution in [0.2, 0.25) is 0 Å². The Morgan fingerprint density at radius 3 is 1.05 bits per heavy atom. The first-order valence-electron chi connectivity index (χ1n) is 21.2. The summed E-state index contributed by atoms with van der Waals surface area (Å²) in [5, 5.41) is 0. The first kappa shape index (κ1) is 55.1. The summed E-state index contributed by atoms with van der Waals surface area (Å²) in [7, 11) is 0. The van der Waals surface area contributed by atoms with Gasteiger partial charge in [-0.3, -0.25) is 9.59 Å². The van der Waals surface area contributed by atoms with E-state index in [2.05, 4.69) is 27.0 Å². The third-order valence-corrected chi connectivity index (χ3v) is 10.1. The Balaban J connectivity index is 0. The van der Waals surface area contributed by atoms with Gasteiger partial charge in [0.05, 0.1) is 24.0 Å². The predicted molar refractivity (Wildman–Crippen MR) is 215 cm³/mol. The lowest BCUT2D eigenvalue weighted by atomic mass is 9.88. The van der Waals surface area contributed by atoms with Crippen molar-refractivity contribution in [1.29, 1.82) is 0 Å². The molecule has 0 aliphatic heterocycles. The molecule has 0 bridgehead atoms. The van der Waals surface area contributed by atoms with E-state index in [1.807, 2.05) is 13.8 Å². The maximum absolute atomic E-state index is 12.7. The number of ether oxygens (including phenoxy) is 6. The standard InChI is InChI=1S/C44H78O10.HI/c1-7-13-15-17-19-21-23-27-31-49-33-43(11-5,35-51-39(45)9-3)37-53-41(47)29-25-26-30-42(48)54-38-44(12-6,36-52-40(46)10-4)34-50-32-28-24-22-20-18-16-14-8-2;/h9-10H,3-4,7-8,11-38H2,1-2,5-6H3;1H/p-1. The van der Waals surface area contributed by atoms with Crippen LogP contribution in [0.1, 0.15) is 169 Å². The third kappa shape index (κ3) is 30.8. The van der Waals surface area contributed by atoms with Gasteiger partial charge >= 0.3 is 23.9 Å². The van der Waals surface area contributed by atoms with Crippen LogP contribution in [0, 0.1) is 10.8 Å². The minimum Gasteiger partial charge on any atom is -1.00 e. The van der Waals surface area contributed by atoms with Crippen molar-refractivity contribution < 1.29 is 71.6 Å². The van der Waals surface area contributed by atoms with Crippen LogP contribution in [0.5, 0.6) is 0 Å². The highest BCUT2D eigenvalue weighted by molar-refractivity contribution is 5.81. The molecule has 10 nitrogen and oxygen atoms in total. The highest BCUT2D eigenvalue weighted by Gasteiger charge is 2.34. The molecule has 0 radical (unpaired) electrons. The van der Waals surface area contributed by atoms with Crippen molar-refractivity contribution in [2.75, 3.05) is 52.9 Å². The van der Waals surface area contributed by atoms with Crippen LogP contribution < -0.4 is 24.0 Å². The Morgan fingerprint density at radius 2 is 0.745 bits per heavy atom. The van der Waals surface area contributed by atoms with Crippen LogP contribution in [0.4, 0.5) is 0 Å². The number of carbonyl (C=O) groups excluding carboxylic acids is 4. The second-order valence-electron chi connectivity index (χ2n) is 14.9. The van der Waals surface area contributed by atoms with E-state index in [9.17, 15) is 19.2 Å². The van der Waals surface area contributed by atoms with E-state index in [4.69, 9.17) is 28.4 Å². The van der Waals surface area contributed by atoms with Crippen LogP contribution in [-0.4, -0.2) is 76.7 Å². The molecule has 0 saturated carbocycles. The molecule has 322 valence electrons. The topological polar surface area (TPSA) is 124 Å². The quantitative estimate of drug-likeness (QED) is 0.0206. The highest BCUT2D eigenvalue weighted by atomic mass is 127. The van der Waals surface area contributed by atoms with Crippen molar-refractivity contribution >= 4 is 23.9 Å². The fraction of sp³-hybridized carbons (Fsp3) is 0.818. The number of halogens is 1. The number of carbonyl (C=O) groups is 4. The van der Waals surface area contributed by atoms with Gasteiger partial charge in [0, 0.05) is 38.2 Å². The Labute approximate surface area is 352 Å². The molecule has 0 rings (SSSR count). The average Bonchev–Trinajstić information content (AvgIpc) is 3.19. The molecule has 2 unspecified atom stereocenters. The second-order valence-corrected chi connectivity index (χ2v) is 14.9. The minimum absolute atomic E-state index is 0. The van der Waals surface area contributed by atoms with Gasteiger partial charge in [0.1, 0.15) is 26.4 Å². The molecular weight excluding hydrogens is 815 g/mol. The number of hydrogen-bond acceptors (Lipinski definition) is 10. The minimum atomic E-state index is -0.665. The van der Waals surface area contributed by atoms with Gasteiger partial charge in [-0.2, -0.15) is 0 Å². The van der Waals surface area contributed by atoms with Gasteiger partial charge in [-0.05, 0) is 38.5 Å². The molecule has 0 fully saturated rings. The molecule has 55 heavy (non-hydrogen) atoms. The van der Waals surface area contributed by atoms with Gasteiger partial charge in [-0.1, -0.05) is 131 Å². The van der Waals surface area contributed by atoms with Crippen molar-refractivity contribution in [3.63, 3.8) is 0 Å². The molecule has 0 aliphatic carbocycles. The largest absolute Gasteiger partial charge is 1.00 e. The van der Waals surface area contributed by atoms with Crippen molar-refractivity contribution in [3.8, 4) is 0 Å². The van der Waals surface area contributed by atoms with Crippen LogP contribution in [0.15, 0.2) is 25.3 Å². The molecule has 0 aromatic carbocycles. The monoisotopic (exact) mass is 893 g/mol. The molecule has 0 N–H and O–H groups in total. The summed E-state index contributed by atoms with van der Waals surface area (Å²) < 4.78 is 34.1. The Kier molecular flexibility index (Phi) is 37.7. The summed E-state index contributed by atoms with van der Waals surface area (Å²) in [5.74, 6) is -1.84. The van der Waals surface area contributed by atoms with E-state index >= 15 is 0 Å². The van der Waals surface area contributed by atoms with Crippen molar-refractivity contribution in [3.05, 3.63) is 25.3 Å². The SMILES string of the molecule is C=CC(=O)OCC(CC)(COCCCCCCCCCC)COC(=O)CCCCC(=O)OCC(CC)(COCCCCCCCCCC)COC(=O)C=C.[I-]. The van der Waals surface area contributed by atoms with E-state index in [1.54, 1.807) is 0 Å². The number of unbranched alkanes of at least 4 members (excludes halogenated alkanes) is 15. The third-order valence-electron chi connectivity index (χ3n) is 10.1. The lowest BCUT2D eigenvalue weighted by Crippen LogP contribution is -3.00. The van der Waals surface area contributed by atoms with E-state index in [0.29, 0.717) is 52.1 Å². The Bertz CT molecular complexity index is 927. The van der Waals surface area contributed by atoms with Gasteiger partial charge in [0.2, 0.25) is 0 Å². The zero-order chi connectivity index (χ0) is 40.2. The molecule has 0 aromatic rings. The van der Waals surface area contributed by atoms with Gasteiger partial charge in [0.25, 0.3) is 0 Å². The summed E-state index contributed by atoms with van der Waals surface area (Å²) in [4.78, 5) is 49.1. The van der Waals surface area contributed by atoms with Crippen LogP contribution >= 0.6 is 0 Å². The van der Waals surface area contributed by atoms with E-state index in [0.717, 1.165) is 37.8 Å². The molecular formula is C44H78IO10-. The Morgan fingerprint density at radius 1 is 0.436 bits per heavy atom. The fourth-order valence-corrected chi connectivity index (χ4v) is 5.83. The van der Waals surface area contributed by atoms with E-state index in [-0.39, 0.29) is 75.2 Å². The molecule has 11 heteroatoms. The average molecular weight is 894 g/mol. The summed E-state index contributed by atoms with van der Waals surface area (Å²) in [6.07, 6.45) is 23.9. The summed E-state index contributed by atoms with van der Waals surface area (Å²) in [6.45, 7) is 17.3. The Hall–Kier alpha value is -1.99. The van der Waals surface area contributed by atoms with Crippen LogP contribution in [0.3, 0.4) is 0 Å². The van der Waals surface area contributed by atoms with E-state index in [1.165, 1.54) is 77.0 Å². The number of esters is 4. The van der Waals surface area contributed by atoms with Gasteiger partial charge in [-0.25, -0.2) is 9.59 Å². The maximum atomic E-state index is 12.7. The lowest BCUT2D eigenvalue weighted by Gasteiger charge is -2.31. The zero-order valence-electron chi connectivity index (χ0n) is 35.2. The van der Waals surface area contributed by atoms with Crippen molar-refractivity contribution in [1.82, 2.24) is 0 Å². The zero-order valence-corrected chi connectivity index (χ0v) is 37.4. The number of hydrogen-bond donors (Lipinski definition) is 0. The van der Waals surface area contributed by atoms with Gasteiger partial charge < -0.3 is 52.4 Å². The molecule has 0 heterocycles. The molecule has 0 aliphatic rings. The highest BCUT2D eigenvalue weighted by Crippen LogP contribution is 2.26. The summed E-state index contributed by atoms with van der Waals surface area (Å²) in [6, 6.07) is 0. The van der Waals surface area contributed by atoms with Gasteiger partial charge in [-0.15, -0.1) is 0 Å². The fourth-order valence-electron chi connectivity index (χ4n) is 5.83. The predicted octanol–water partition coefficient (Wildman–Crippen LogP) is 7.20. The number of rotatable bonds is 39. The van der Waals surface area contributed by atoms with Crippen LogP contribution in [0.25, 0.3) is 0 Å². The lowest BCUT2D eigenvalue weighted by molar-refractivity contribution is -0.158. The molecule has 0 aromatic heterocycles. The molecule has 2 atom stereocenters. The summed E-state index contributed by atoms with van der Waals surface area (Å²) >= 11 is 0. The van der Waals surface area contributed by atoms with Crippen molar-refractivity contribution in [2.45, 2.75) is 169 Å². The smallest absolute Gasteiger partial charge is 0.330 e. The molecule has 0 saturated heterocycles. The molecule has 0 amide bonds. The summed E-state index contributed by atoms with van der Waals surface area (Å²) in [5.41, 5.74) is -1.33.